The first-order valence-corrected chi connectivity index (χ1v) is 8.32. The van der Waals surface area contributed by atoms with Gasteiger partial charge in [-0.1, -0.05) is 32.1 Å². The molecule has 116 valence electrons. The van der Waals surface area contributed by atoms with Gasteiger partial charge in [0.15, 0.2) is 5.78 Å². The molecule has 0 aromatic rings. The van der Waals surface area contributed by atoms with Crippen molar-refractivity contribution >= 4 is 5.78 Å². The molecule has 0 aliphatic heterocycles. The maximum Gasteiger partial charge on any atom is 0.165 e. The van der Waals surface area contributed by atoms with E-state index in [-0.39, 0.29) is 28.4 Å². The maximum absolute atomic E-state index is 12.8. The predicted molar refractivity (Wildman–Crippen MR) is 84.8 cm³/mol. The van der Waals surface area contributed by atoms with Gasteiger partial charge >= 0.3 is 0 Å². The van der Waals surface area contributed by atoms with Crippen molar-refractivity contribution in [1.29, 1.82) is 0 Å². The lowest BCUT2D eigenvalue weighted by Crippen LogP contribution is -2.63. The standard InChI is InChI=1S/C19H28O2/c1-5-17(3)10-8-15-18(4)9-6-7-13(2)14(18)11-16(20)19(15,21)12-17/h5,14-15,21H,1-2,6-12H2,3-4H3. The average molecular weight is 288 g/mol. The number of aliphatic hydroxyl groups is 1. The molecule has 0 aromatic carbocycles. The van der Waals surface area contributed by atoms with Gasteiger partial charge in [-0.05, 0) is 55.3 Å². The second kappa shape index (κ2) is 4.55. The van der Waals surface area contributed by atoms with Gasteiger partial charge in [0.05, 0.1) is 0 Å². The molecule has 0 bridgehead atoms. The summed E-state index contributed by atoms with van der Waals surface area (Å²) in [6, 6.07) is 0. The molecular weight excluding hydrogens is 260 g/mol. The largest absolute Gasteiger partial charge is 0.382 e. The first-order valence-electron chi connectivity index (χ1n) is 8.32. The zero-order valence-electron chi connectivity index (χ0n) is 13.5. The summed E-state index contributed by atoms with van der Waals surface area (Å²) in [6.45, 7) is 12.6. The topological polar surface area (TPSA) is 37.3 Å². The van der Waals surface area contributed by atoms with Crippen LogP contribution in [-0.2, 0) is 4.79 Å². The second-order valence-electron chi connectivity index (χ2n) is 8.25. The van der Waals surface area contributed by atoms with Gasteiger partial charge in [0.1, 0.15) is 5.60 Å². The highest BCUT2D eigenvalue weighted by Gasteiger charge is 2.63. The third-order valence-electron chi connectivity index (χ3n) is 6.92. The Balaban J connectivity index is 2.02. The second-order valence-corrected chi connectivity index (χ2v) is 8.25. The van der Waals surface area contributed by atoms with Crippen LogP contribution in [0.2, 0.25) is 0 Å². The lowest BCUT2D eigenvalue weighted by molar-refractivity contribution is -0.185. The summed E-state index contributed by atoms with van der Waals surface area (Å²) in [6.07, 6.45) is 8.20. The molecule has 3 fully saturated rings. The van der Waals surface area contributed by atoms with Gasteiger partial charge in [-0.15, -0.1) is 6.58 Å². The summed E-state index contributed by atoms with van der Waals surface area (Å²) >= 11 is 0. The van der Waals surface area contributed by atoms with Crippen molar-refractivity contribution in [3.63, 3.8) is 0 Å². The fourth-order valence-electron chi connectivity index (χ4n) is 5.55. The molecule has 0 aromatic heterocycles. The van der Waals surface area contributed by atoms with Gasteiger partial charge in [0.2, 0.25) is 0 Å². The fraction of sp³-hybridized carbons (Fsp3) is 0.737. The van der Waals surface area contributed by atoms with E-state index in [9.17, 15) is 9.90 Å². The lowest BCUT2D eigenvalue weighted by Gasteiger charge is -2.60. The molecule has 1 N–H and O–H groups in total. The van der Waals surface area contributed by atoms with Crippen LogP contribution >= 0.6 is 0 Å². The molecule has 21 heavy (non-hydrogen) atoms. The molecule has 2 heteroatoms. The smallest absolute Gasteiger partial charge is 0.165 e. The molecule has 3 aliphatic rings. The van der Waals surface area contributed by atoms with E-state index < -0.39 is 5.60 Å². The molecule has 5 unspecified atom stereocenters. The molecule has 0 amide bonds. The Morgan fingerprint density at radius 2 is 2.05 bits per heavy atom. The minimum Gasteiger partial charge on any atom is -0.382 e. The van der Waals surface area contributed by atoms with E-state index in [1.807, 2.05) is 6.08 Å². The number of hydrogen-bond acceptors (Lipinski definition) is 2. The van der Waals surface area contributed by atoms with Crippen LogP contribution in [0.1, 0.15) is 58.8 Å². The average Bonchev–Trinajstić information content (AvgIpc) is 2.41. The molecular formula is C19H28O2. The molecule has 3 rings (SSSR count). The van der Waals surface area contributed by atoms with E-state index in [2.05, 4.69) is 27.0 Å². The SMILES string of the molecule is C=CC1(C)CCC2C(O)(C1)C(=O)CC1C(=C)CCCC12C. The van der Waals surface area contributed by atoms with Gasteiger partial charge < -0.3 is 5.11 Å². The summed E-state index contributed by atoms with van der Waals surface area (Å²) in [4.78, 5) is 12.8. The Labute approximate surface area is 128 Å². The number of carbonyl (C=O) groups is 1. The van der Waals surface area contributed by atoms with E-state index in [1.165, 1.54) is 5.57 Å². The number of hydrogen-bond donors (Lipinski definition) is 1. The zero-order chi connectivity index (χ0) is 15.5. The Bertz CT molecular complexity index is 508. The van der Waals surface area contributed by atoms with Crippen LogP contribution < -0.4 is 0 Å². The lowest BCUT2D eigenvalue weighted by atomic mass is 9.45. The normalized spacial score (nSPS) is 50.2. The third-order valence-corrected chi connectivity index (χ3v) is 6.92. The first-order chi connectivity index (χ1) is 9.75. The number of fused-ring (bicyclic) bond motifs is 3. The van der Waals surface area contributed by atoms with Crippen molar-refractivity contribution < 1.29 is 9.90 Å². The van der Waals surface area contributed by atoms with E-state index >= 15 is 0 Å². The van der Waals surface area contributed by atoms with Crippen molar-refractivity contribution in [2.75, 3.05) is 0 Å². The van der Waals surface area contributed by atoms with Crippen LogP contribution in [0.5, 0.6) is 0 Å². The molecule has 3 saturated carbocycles. The third kappa shape index (κ3) is 1.98. The first kappa shape index (κ1) is 15.0. The van der Waals surface area contributed by atoms with Crippen LogP contribution in [0, 0.1) is 22.7 Å². The molecule has 0 heterocycles. The van der Waals surface area contributed by atoms with Crippen molar-refractivity contribution in [2.24, 2.45) is 22.7 Å². The predicted octanol–water partition coefficient (Wildman–Crippen LogP) is 4.05. The van der Waals surface area contributed by atoms with E-state index in [1.54, 1.807) is 0 Å². The van der Waals surface area contributed by atoms with Gasteiger partial charge in [-0.2, -0.15) is 0 Å². The van der Waals surface area contributed by atoms with Crippen LogP contribution in [0.15, 0.2) is 24.8 Å². The summed E-state index contributed by atoms with van der Waals surface area (Å²) in [7, 11) is 0. The van der Waals surface area contributed by atoms with Crippen molar-refractivity contribution in [2.45, 2.75) is 64.4 Å². The monoisotopic (exact) mass is 288 g/mol. The minimum absolute atomic E-state index is 0.0422. The summed E-state index contributed by atoms with van der Waals surface area (Å²) in [5.41, 5.74) is 0.0107. The van der Waals surface area contributed by atoms with Gasteiger partial charge in [0, 0.05) is 12.3 Å². The van der Waals surface area contributed by atoms with Crippen molar-refractivity contribution in [3.05, 3.63) is 24.8 Å². The highest BCUT2D eigenvalue weighted by atomic mass is 16.3. The Morgan fingerprint density at radius 3 is 2.71 bits per heavy atom. The molecule has 2 nitrogen and oxygen atoms in total. The number of rotatable bonds is 1. The Morgan fingerprint density at radius 1 is 1.33 bits per heavy atom. The van der Waals surface area contributed by atoms with Gasteiger partial charge in [-0.3, -0.25) is 4.79 Å². The Kier molecular flexibility index (Phi) is 3.26. The zero-order valence-corrected chi connectivity index (χ0v) is 13.5. The Hall–Kier alpha value is -0.890. The van der Waals surface area contributed by atoms with Gasteiger partial charge in [0.25, 0.3) is 0 Å². The summed E-state index contributed by atoms with van der Waals surface area (Å²) < 4.78 is 0. The summed E-state index contributed by atoms with van der Waals surface area (Å²) in [5.74, 6) is 0.407. The van der Waals surface area contributed by atoms with E-state index in [0.717, 1.165) is 32.1 Å². The highest BCUT2D eigenvalue weighted by molar-refractivity contribution is 5.89. The maximum atomic E-state index is 12.8. The molecule has 5 atom stereocenters. The molecule has 0 spiro atoms. The van der Waals surface area contributed by atoms with Crippen LogP contribution in [0.3, 0.4) is 0 Å². The number of ketones is 1. The molecule has 0 radical (unpaired) electrons. The molecule has 3 aliphatic carbocycles. The number of carbonyl (C=O) groups excluding carboxylic acids is 1. The fourth-order valence-corrected chi connectivity index (χ4v) is 5.55. The molecule has 0 saturated heterocycles. The quantitative estimate of drug-likeness (QED) is 0.739. The van der Waals surface area contributed by atoms with Crippen LogP contribution in [0.4, 0.5) is 0 Å². The minimum atomic E-state index is -1.15. The number of allylic oxidation sites excluding steroid dienone is 2. The summed E-state index contributed by atoms with van der Waals surface area (Å²) in [5, 5.41) is 11.3. The van der Waals surface area contributed by atoms with Gasteiger partial charge in [-0.25, -0.2) is 0 Å². The van der Waals surface area contributed by atoms with Crippen molar-refractivity contribution in [1.82, 2.24) is 0 Å². The van der Waals surface area contributed by atoms with Crippen LogP contribution in [0.25, 0.3) is 0 Å². The van der Waals surface area contributed by atoms with Crippen molar-refractivity contribution in [3.8, 4) is 0 Å². The van der Waals surface area contributed by atoms with E-state index in [4.69, 9.17) is 0 Å². The number of Topliss-reactive ketones (excluding diaryl/α,β-unsaturated/α-hetero) is 1. The highest BCUT2D eigenvalue weighted by Crippen LogP contribution is 2.62. The van der Waals surface area contributed by atoms with Crippen LogP contribution in [-0.4, -0.2) is 16.5 Å². The van der Waals surface area contributed by atoms with E-state index in [0.29, 0.717) is 12.8 Å².